The van der Waals surface area contributed by atoms with Crippen LogP contribution in [0.2, 0.25) is 0 Å². The van der Waals surface area contributed by atoms with Crippen LogP contribution in [0.25, 0.3) is 11.1 Å². The van der Waals surface area contributed by atoms with E-state index in [1.807, 2.05) is 12.1 Å². The van der Waals surface area contributed by atoms with E-state index in [0.29, 0.717) is 22.3 Å². The van der Waals surface area contributed by atoms with Gasteiger partial charge in [-0.25, -0.2) is 0 Å². The summed E-state index contributed by atoms with van der Waals surface area (Å²) in [6.07, 6.45) is 15.0. The van der Waals surface area contributed by atoms with Crippen LogP contribution in [0.3, 0.4) is 0 Å². The van der Waals surface area contributed by atoms with Gasteiger partial charge in [0.15, 0.2) is 11.6 Å². The van der Waals surface area contributed by atoms with E-state index in [-0.39, 0.29) is 22.4 Å². The van der Waals surface area contributed by atoms with Crippen molar-refractivity contribution in [2.45, 2.75) is 80.1 Å². The van der Waals surface area contributed by atoms with Gasteiger partial charge in [0.1, 0.15) is 0 Å². The summed E-state index contributed by atoms with van der Waals surface area (Å²) in [6, 6.07) is 11.5. The Balaban J connectivity index is 1.79. The zero-order valence-corrected chi connectivity index (χ0v) is 23.8. The van der Waals surface area contributed by atoms with Crippen molar-refractivity contribution in [1.82, 2.24) is 0 Å². The highest BCUT2D eigenvalue weighted by molar-refractivity contribution is 6.31. The molecular weight excluding hydrogens is 464 g/mol. The first-order valence-electron chi connectivity index (χ1n) is 14.4. The first-order valence-corrected chi connectivity index (χ1v) is 14.4. The number of rotatable bonds is 6. The minimum atomic E-state index is -0.0379. The summed E-state index contributed by atoms with van der Waals surface area (Å²) < 4.78 is 0. The van der Waals surface area contributed by atoms with E-state index in [1.165, 1.54) is 11.1 Å². The molecule has 3 aliphatic carbocycles. The maximum atomic E-state index is 14.2. The molecule has 2 atom stereocenters. The van der Waals surface area contributed by atoms with Crippen LogP contribution in [-0.2, 0) is 0 Å². The predicted molar refractivity (Wildman–Crippen MR) is 158 cm³/mol. The van der Waals surface area contributed by atoms with Crippen molar-refractivity contribution < 1.29 is 9.59 Å². The molecule has 0 heterocycles. The molecule has 3 aliphatic rings. The van der Waals surface area contributed by atoms with Gasteiger partial charge in [-0.1, -0.05) is 113 Å². The highest BCUT2D eigenvalue weighted by atomic mass is 16.1. The summed E-state index contributed by atoms with van der Waals surface area (Å²) in [4.78, 5) is 28.4. The molecule has 2 nitrogen and oxygen atoms in total. The largest absolute Gasteiger partial charge is 0.289 e. The Kier molecular flexibility index (Phi) is 6.80. The Morgan fingerprint density at radius 3 is 1.34 bits per heavy atom. The molecule has 2 aromatic carbocycles. The third kappa shape index (κ3) is 4.19. The fourth-order valence-electron chi connectivity index (χ4n) is 6.44. The Morgan fingerprint density at radius 2 is 1.00 bits per heavy atom. The van der Waals surface area contributed by atoms with E-state index in [0.717, 1.165) is 60.8 Å². The van der Waals surface area contributed by atoms with Crippen LogP contribution in [0.5, 0.6) is 0 Å². The van der Waals surface area contributed by atoms with E-state index in [1.54, 1.807) is 12.1 Å². The maximum absolute atomic E-state index is 14.2. The molecule has 5 rings (SSSR count). The second kappa shape index (κ2) is 9.80. The summed E-state index contributed by atoms with van der Waals surface area (Å²) in [5.41, 5.74) is 9.19. The molecule has 38 heavy (non-hydrogen) atoms. The molecule has 2 unspecified atom stereocenters. The molecule has 0 saturated carbocycles. The van der Waals surface area contributed by atoms with Crippen molar-refractivity contribution in [3.63, 3.8) is 0 Å². The number of ketones is 2. The lowest BCUT2D eigenvalue weighted by molar-refractivity contribution is 0.0978. The highest BCUT2D eigenvalue weighted by Crippen LogP contribution is 2.46. The summed E-state index contributed by atoms with van der Waals surface area (Å²) in [5.74, 6) is -0.0758. The van der Waals surface area contributed by atoms with Gasteiger partial charge in [-0.15, -0.1) is 0 Å². The molecule has 2 aromatic rings. The van der Waals surface area contributed by atoms with Gasteiger partial charge in [0.2, 0.25) is 0 Å². The first kappa shape index (κ1) is 26.4. The third-order valence-corrected chi connectivity index (χ3v) is 9.43. The number of fused-ring (bicyclic) bond motifs is 2. The summed E-state index contributed by atoms with van der Waals surface area (Å²) in [5, 5.41) is 0. The summed E-state index contributed by atoms with van der Waals surface area (Å²) in [7, 11) is 0. The summed E-state index contributed by atoms with van der Waals surface area (Å²) in [6.45, 7) is 13.5. The van der Waals surface area contributed by atoms with Crippen LogP contribution in [-0.4, -0.2) is 11.6 Å². The van der Waals surface area contributed by atoms with Crippen molar-refractivity contribution in [3.05, 3.63) is 105 Å². The topological polar surface area (TPSA) is 34.1 Å². The van der Waals surface area contributed by atoms with E-state index >= 15 is 0 Å². The molecule has 0 aliphatic heterocycles. The van der Waals surface area contributed by atoms with Crippen LogP contribution in [0.4, 0.5) is 0 Å². The lowest BCUT2D eigenvalue weighted by Gasteiger charge is -2.33. The Labute approximate surface area is 228 Å². The van der Waals surface area contributed by atoms with Crippen molar-refractivity contribution in [1.29, 1.82) is 0 Å². The average molecular weight is 505 g/mol. The molecular formula is C36H40O2. The van der Waals surface area contributed by atoms with Crippen LogP contribution < -0.4 is 0 Å². The van der Waals surface area contributed by atoms with Crippen molar-refractivity contribution in [3.8, 4) is 0 Å². The molecule has 2 heteroatoms. The molecule has 0 saturated heterocycles. The minimum absolute atomic E-state index is 0.0379. The molecule has 0 amide bonds. The fourth-order valence-corrected chi connectivity index (χ4v) is 6.44. The lowest BCUT2D eigenvalue weighted by atomic mass is 9.70. The average Bonchev–Trinajstić information content (AvgIpc) is 2.95. The number of benzene rings is 2. The Bertz CT molecular complexity index is 1350. The van der Waals surface area contributed by atoms with Gasteiger partial charge >= 0.3 is 0 Å². The highest BCUT2D eigenvalue weighted by Gasteiger charge is 2.37. The lowest BCUT2D eigenvalue weighted by Crippen LogP contribution is -2.25. The van der Waals surface area contributed by atoms with Crippen molar-refractivity contribution in [2.24, 2.45) is 10.8 Å². The van der Waals surface area contributed by atoms with Gasteiger partial charge in [-0.2, -0.15) is 0 Å². The number of hydrogen-bond acceptors (Lipinski definition) is 2. The Morgan fingerprint density at radius 1 is 0.605 bits per heavy atom. The van der Waals surface area contributed by atoms with Gasteiger partial charge in [0, 0.05) is 22.3 Å². The van der Waals surface area contributed by atoms with Crippen LogP contribution >= 0.6 is 0 Å². The van der Waals surface area contributed by atoms with Gasteiger partial charge in [0.05, 0.1) is 0 Å². The van der Waals surface area contributed by atoms with Gasteiger partial charge < -0.3 is 0 Å². The second-order valence-electron chi connectivity index (χ2n) is 11.9. The van der Waals surface area contributed by atoms with Gasteiger partial charge in [0.25, 0.3) is 0 Å². The summed E-state index contributed by atoms with van der Waals surface area (Å²) >= 11 is 0. The standard InChI is InChI=1S/C36H40O2/c1-7-23-21-35(5,9-3)19-17-25(23)27-15-16-28(26-18-20-36(6,10-4)22-24(26)8-2)32-31(27)33(37)29-13-11-12-14-30(29)34(32)38/h11-20H,7-10,21-22H2,1-6H3. The number of carbonyl (C=O) groups is 2. The SMILES string of the molecule is CCC1=C(c2ccc(C3=C(CC)CC(C)(CC)C=C3)c3c2C(=O)c2ccccc2C3=O)C=CC(C)(CC)C1. The quantitative estimate of drug-likeness (QED) is 0.335. The zero-order valence-electron chi connectivity index (χ0n) is 23.8. The van der Waals surface area contributed by atoms with E-state index in [4.69, 9.17) is 0 Å². The molecule has 0 aromatic heterocycles. The smallest absolute Gasteiger partial charge is 0.195 e. The minimum Gasteiger partial charge on any atom is -0.289 e. The second-order valence-corrected chi connectivity index (χ2v) is 11.9. The van der Waals surface area contributed by atoms with Crippen LogP contribution in [0.1, 0.15) is 123 Å². The first-order chi connectivity index (χ1) is 18.2. The number of hydrogen-bond donors (Lipinski definition) is 0. The monoisotopic (exact) mass is 504 g/mol. The number of allylic oxidation sites excluding steroid dienone is 8. The van der Waals surface area contributed by atoms with Gasteiger partial charge in [-0.3, -0.25) is 9.59 Å². The molecule has 0 bridgehead atoms. The zero-order chi connectivity index (χ0) is 27.2. The maximum Gasteiger partial charge on any atom is 0.195 e. The molecule has 0 N–H and O–H groups in total. The van der Waals surface area contributed by atoms with E-state index in [9.17, 15) is 9.59 Å². The molecule has 0 radical (unpaired) electrons. The fraction of sp³-hybridized carbons (Fsp3) is 0.389. The van der Waals surface area contributed by atoms with E-state index < -0.39 is 0 Å². The molecule has 0 spiro atoms. The van der Waals surface area contributed by atoms with Crippen molar-refractivity contribution >= 4 is 22.7 Å². The van der Waals surface area contributed by atoms with Crippen LogP contribution in [0, 0.1) is 10.8 Å². The van der Waals surface area contributed by atoms with Crippen LogP contribution in [0.15, 0.2) is 71.8 Å². The molecule has 0 fully saturated rings. The number of carbonyl (C=O) groups excluding carboxylic acids is 2. The van der Waals surface area contributed by atoms with Crippen molar-refractivity contribution in [2.75, 3.05) is 0 Å². The molecule has 196 valence electrons. The van der Waals surface area contributed by atoms with E-state index in [2.05, 4.69) is 78.0 Å². The van der Waals surface area contributed by atoms with Gasteiger partial charge in [-0.05, 0) is 71.6 Å². The normalized spacial score (nSPS) is 24.7. The Hall–Kier alpha value is -3.26. The predicted octanol–water partition coefficient (Wildman–Crippen LogP) is 9.54. The third-order valence-electron chi connectivity index (χ3n) is 9.43.